The second-order valence-electron chi connectivity index (χ2n) is 4.79. The summed E-state index contributed by atoms with van der Waals surface area (Å²) in [4.78, 5) is 20.3. The van der Waals surface area contributed by atoms with Crippen LogP contribution in [0.2, 0.25) is 0 Å². The topological polar surface area (TPSA) is 88.5 Å². The molecule has 3 aromatic rings. The van der Waals surface area contributed by atoms with Gasteiger partial charge in [-0.25, -0.2) is 14.4 Å². The van der Waals surface area contributed by atoms with Gasteiger partial charge in [0.1, 0.15) is 18.0 Å². The molecule has 0 bridgehead atoms. The number of H-pyrrole nitrogens is 1. The first kappa shape index (κ1) is 14.2. The van der Waals surface area contributed by atoms with Crippen LogP contribution in [0.4, 0.5) is 10.3 Å². The lowest BCUT2D eigenvalue weighted by molar-refractivity contribution is -0.116. The Hall–Kier alpha value is -2.77. The van der Waals surface area contributed by atoms with Crippen LogP contribution in [0.25, 0.3) is 11.0 Å². The van der Waals surface area contributed by atoms with E-state index in [0.29, 0.717) is 30.3 Å². The van der Waals surface area contributed by atoms with Crippen LogP contribution >= 0.6 is 0 Å². The first-order valence-corrected chi connectivity index (χ1v) is 6.97. The van der Waals surface area contributed by atoms with Crippen molar-refractivity contribution in [3.63, 3.8) is 0 Å². The third-order valence-electron chi connectivity index (χ3n) is 3.33. The maximum absolute atomic E-state index is 13.3. The van der Waals surface area contributed by atoms with Gasteiger partial charge in [-0.15, -0.1) is 0 Å². The fraction of sp³-hybridized carbons (Fsp3) is 0.286. The fourth-order valence-corrected chi connectivity index (χ4v) is 2.29. The highest BCUT2D eigenvalue weighted by Crippen LogP contribution is 2.20. The molecule has 2 aromatic heterocycles. The molecule has 2 heterocycles. The highest BCUT2D eigenvalue weighted by atomic mass is 19.1. The minimum Gasteiger partial charge on any atom is -0.310 e. The molecule has 0 unspecified atom stereocenters. The van der Waals surface area contributed by atoms with Gasteiger partial charge in [0.05, 0.1) is 11.0 Å². The predicted octanol–water partition coefficient (Wildman–Crippen LogP) is 1.88. The van der Waals surface area contributed by atoms with Crippen molar-refractivity contribution in [2.45, 2.75) is 26.3 Å². The molecule has 2 N–H and O–H groups in total. The molecule has 1 aromatic carbocycles. The molecule has 0 atom stereocenters. The van der Waals surface area contributed by atoms with Crippen molar-refractivity contribution in [2.24, 2.45) is 0 Å². The molecule has 0 aliphatic rings. The SMILES string of the molecule is CCn1c(NC(=O)CCc2ncn[nH]2)nc2cc(F)ccc21. The van der Waals surface area contributed by atoms with Crippen molar-refractivity contribution >= 4 is 22.9 Å². The maximum atomic E-state index is 13.3. The highest BCUT2D eigenvalue weighted by Gasteiger charge is 2.13. The highest BCUT2D eigenvalue weighted by molar-refractivity contribution is 5.91. The second kappa shape index (κ2) is 5.92. The molecule has 0 radical (unpaired) electrons. The molecule has 3 rings (SSSR count). The number of hydrogen-bond donors (Lipinski definition) is 2. The van der Waals surface area contributed by atoms with Gasteiger partial charge >= 0.3 is 0 Å². The van der Waals surface area contributed by atoms with Crippen LogP contribution < -0.4 is 5.32 Å². The Morgan fingerprint density at radius 1 is 1.45 bits per heavy atom. The number of rotatable bonds is 5. The van der Waals surface area contributed by atoms with Gasteiger partial charge in [-0.3, -0.25) is 15.2 Å². The molecule has 114 valence electrons. The van der Waals surface area contributed by atoms with Crippen molar-refractivity contribution in [3.8, 4) is 0 Å². The van der Waals surface area contributed by atoms with Gasteiger partial charge in [0, 0.05) is 25.5 Å². The summed E-state index contributed by atoms with van der Waals surface area (Å²) in [6, 6.07) is 4.39. The van der Waals surface area contributed by atoms with E-state index >= 15 is 0 Å². The third kappa shape index (κ3) is 2.80. The van der Waals surface area contributed by atoms with E-state index in [2.05, 4.69) is 25.5 Å². The average Bonchev–Trinajstić information content (AvgIpc) is 3.11. The molecule has 0 saturated heterocycles. The summed E-state index contributed by atoms with van der Waals surface area (Å²) in [7, 11) is 0. The molecule has 1 amide bonds. The summed E-state index contributed by atoms with van der Waals surface area (Å²) in [6.07, 6.45) is 2.13. The fourth-order valence-electron chi connectivity index (χ4n) is 2.29. The number of hydrogen-bond acceptors (Lipinski definition) is 4. The summed E-state index contributed by atoms with van der Waals surface area (Å²) in [5.74, 6) is 0.546. The van der Waals surface area contributed by atoms with Crippen LogP contribution in [0.3, 0.4) is 0 Å². The Morgan fingerprint density at radius 2 is 2.32 bits per heavy atom. The molecule has 7 nitrogen and oxygen atoms in total. The Kier molecular flexibility index (Phi) is 3.82. The molecule has 8 heteroatoms. The van der Waals surface area contributed by atoms with Crippen molar-refractivity contribution in [1.82, 2.24) is 24.7 Å². The lowest BCUT2D eigenvalue weighted by Crippen LogP contribution is -2.16. The van der Waals surface area contributed by atoms with Gasteiger partial charge < -0.3 is 4.57 Å². The number of nitrogens with one attached hydrogen (secondary N) is 2. The van der Waals surface area contributed by atoms with Gasteiger partial charge in [0.2, 0.25) is 11.9 Å². The molecule has 0 aliphatic heterocycles. The summed E-state index contributed by atoms with van der Waals surface area (Å²) in [5.41, 5.74) is 1.31. The molecule has 0 saturated carbocycles. The quantitative estimate of drug-likeness (QED) is 0.753. The normalized spacial score (nSPS) is 11.0. The number of anilines is 1. The number of imidazole rings is 1. The van der Waals surface area contributed by atoms with Crippen LogP contribution in [0.1, 0.15) is 19.2 Å². The lowest BCUT2D eigenvalue weighted by atomic mass is 10.3. The maximum Gasteiger partial charge on any atom is 0.227 e. The monoisotopic (exact) mass is 302 g/mol. The molecular weight excluding hydrogens is 287 g/mol. The Balaban J connectivity index is 1.76. The lowest BCUT2D eigenvalue weighted by Gasteiger charge is -2.07. The summed E-state index contributed by atoms with van der Waals surface area (Å²) < 4.78 is 15.1. The van der Waals surface area contributed by atoms with Gasteiger partial charge in [0.25, 0.3) is 0 Å². The van der Waals surface area contributed by atoms with Crippen molar-refractivity contribution in [1.29, 1.82) is 0 Å². The van der Waals surface area contributed by atoms with E-state index in [1.807, 2.05) is 11.5 Å². The van der Waals surface area contributed by atoms with E-state index in [9.17, 15) is 9.18 Å². The molecular formula is C14H15FN6O. The van der Waals surface area contributed by atoms with Gasteiger partial charge in [0.15, 0.2) is 0 Å². The number of aryl methyl sites for hydroxylation is 2. The second-order valence-corrected chi connectivity index (χ2v) is 4.79. The van der Waals surface area contributed by atoms with E-state index < -0.39 is 0 Å². The zero-order valence-electron chi connectivity index (χ0n) is 12.0. The minimum atomic E-state index is -0.351. The minimum absolute atomic E-state index is 0.179. The standard InChI is InChI=1S/C14H15FN6O/c1-2-21-11-4-3-9(15)7-10(11)18-14(21)19-13(22)6-5-12-16-8-17-20-12/h3-4,7-8H,2,5-6H2,1H3,(H,16,17,20)(H,18,19,22). The van der Waals surface area contributed by atoms with Gasteiger partial charge in [-0.2, -0.15) is 5.10 Å². The van der Waals surface area contributed by atoms with Gasteiger partial charge in [-0.1, -0.05) is 0 Å². The number of fused-ring (bicyclic) bond motifs is 1. The molecule has 22 heavy (non-hydrogen) atoms. The van der Waals surface area contributed by atoms with Crippen molar-refractivity contribution < 1.29 is 9.18 Å². The van der Waals surface area contributed by atoms with Crippen LogP contribution in [-0.4, -0.2) is 30.6 Å². The number of amides is 1. The number of carbonyl (C=O) groups excluding carboxylic acids is 1. The smallest absolute Gasteiger partial charge is 0.227 e. The zero-order chi connectivity index (χ0) is 15.5. The molecule has 0 fully saturated rings. The largest absolute Gasteiger partial charge is 0.310 e. The Labute approximate surface area is 125 Å². The zero-order valence-corrected chi connectivity index (χ0v) is 12.0. The van der Waals surface area contributed by atoms with E-state index in [0.717, 1.165) is 5.52 Å². The predicted molar refractivity (Wildman–Crippen MR) is 78.7 cm³/mol. The number of nitrogens with zero attached hydrogens (tertiary/aromatic N) is 4. The summed E-state index contributed by atoms with van der Waals surface area (Å²) in [5, 5.41) is 9.19. The molecule has 0 spiro atoms. The first-order chi connectivity index (χ1) is 10.7. The van der Waals surface area contributed by atoms with E-state index in [4.69, 9.17) is 0 Å². The number of benzene rings is 1. The number of aromatic amines is 1. The summed E-state index contributed by atoms with van der Waals surface area (Å²) in [6.45, 7) is 2.56. The number of aromatic nitrogens is 5. The van der Waals surface area contributed by atoms with Crippen molar-refractivity contribution in [2.75, 3.05) is 5.32 Å². The Bertz CT molecular complexity index is 795. The van der Waals surface area contributed by atoms with Crippen LogP contribution in [-0.2, 0) is 17.8 Å². The van der Waals surface area contributed by atoms with E-state index in [1.165, 1.54) is 18.5 Å². The van der Waals surface area contributed by atoms with Crippen LogP contribution in [0.5, 0.6) is 0 Å². The first-order valence-electron chi connectivity index (χ1n) is 6.97. The third-order valence-corrected chi connectivity index (χ3v) is 3.33. The summed E-state index contributed by atoms with van der Waals surface area (Å²) >= 11 is 0. The van der Waals surface area contributed by atoms with E-state index in [1.54, 1.807) is 6.07 Å². The van der Waals surface area contributed by atoms with Crippen LogP contribution in [0.15, 0.2) is 24.5 Å². The number of carbonyl (C=O) groups is 1. The van der Waals surface area contributed by atoms with Crippen molar-refractivity contribution in [3.05, 3.63) is 36.2 Å². The molecule has 0 aliphatic carbocycles. The van der Waals surface area contributed by atoms with Crippen LogP contribution in [0, 0.1) is 5.82 Å². The van der Waals surface area contributed by atoms with E-state index in [-0.39, 0.29) is 18.1 Å². The Morgan fingerprint density at radius 3 is 3.05 bits per heavy atom. The number of halogens is 1. The van der Waals surface area contributed by atoms with Gasteiger partial charge in [-0.05, 0) is 19.1 Å². The average molecular weight is 302 g/mol.